The maximum Gasteiger partial charge on any atom is 0.262 e. The van der Waals surface area contributed by atoms with E-state index in [0.29, 0.717) is 47.6 Å². The van der Waals surface area contributed by atoms with Crippen LogP contribution in [-0.2, 0) is 9.53 Å². The van der Waals surface area contributed by atoms with Gasteiger partial charge in [0.05, 0.1) is 18.8 Å². The van der Waals surface area contributed by atoms with Crippen molar-refractivity contribution in [3.8, 4) is 16.2 Å². The molecule has 0 aliphatic carbocycles. The van der Waals surface area contributed by atoms with E-state index in [1.54, 1.807) is 29.2 Å². The molecule has 1 fully saturated rings. The zero-order valence-corrected chi connectivity index (χ0v) is 19.2. The molecule has 1 aromatic heterocycles. The van der Waals surface area contributed by atoms with E-state index in [0.717, 1.165) is 16.0 Å². The van der Waals surface area contributed by atoms with Crippen LogP contribution in [0.2, 0.25) is 5.02 Å². The van der Waals surface area contributed by atoms with Crippen LogP contribution in [-0.4, -0.2) is 49.6 Å². The van der Waals surface area contributed by atoms with Crippen molar-refractivity contribution < 1.29 is 19.1 Å². The molecule has 2 heterocycles. The van der Waals surface area contributed by atoms with Gasteiger partial charge in [0, 0.05) is 23.0 Å². The van der Waals surface area contributed by atoms with Gasteiger partial charge in [0.15, 0.2) is 6.61 Å². The van der Waals surface area contributed by atoms with Gasteiger partial charge in [-0.1, -0.05) is 48.0 Å². The van der Waals surface area contributed by atoms with Crippen LogP contribution in [0.1, 0.15) is 15.9 Å². The number of anilines is 1. The first-order valence-electron chi connectivity index (χ1n) is 10.3. The fourth-order valence-corrected chi connectivity index (χ4v) is 4.92. The molecule has 32 heavy (non-hydrogen) atoms. The number of halogens is 1. The quantitative estimate of drug-likeness (QED) is 0.558. The van der Waals surface area contributed by atoms with Crippen LogP contribution in [0.5, 0.6) is 5.75 Å². The van der Waals surface area contributed by atoms with E-state index in [9.17, 15) is 9.59 Å². The lowest BCUT2D eigenvalue weighted by Gasteiger charge is -2.27. The van der Waals surface area contributed by atoms with Crippen molar-refractivity contribution in [2.24, 2.45) is 0 Å². The minimum atomic E-state index is -0.345. The van der Waals surface area contributed by atoms with Gasteiger partial charge < -0.3 is 19.7 Å². The molecule has 2 amide bonds. The van der Waals surface area contributed by atoms with Gasteiger partial charge >= 0.3 is 0 Å². The molecule has 1 saturated heterocycles. The molecule has 2 aromatic carbocycles. The minimum Gasteiger partial charge on any atom is -0.484 e. The highest BCUT2D eigenvalue weighted by molar-refractivity contribution is 7.20. The Morgan fingerprint density at radius 2 is 1.88 bits per heavy atom. The van der Waals surface area contributed by atoms with Crippen molar-refractivity contribution in [3.05, 3.63) is 70.7 Å². The van der Waals surface area contributed by atoms with Gasteiger partial charge in [-0.3, -0.25) is 9.59 Å². The first-order chi connectivity index (χ1) is 15.5. The average molecular weight is 471 g/mol. The summed E-state index contributed by atoms with van der Waals surface area (Å²) in [7, 11) is 0. The lowest BCUT2D eigenvalue weighted by atomic mass is 10.1. The standard InChI is InChI=1S/C24H23ClN2O4S/c1-16-21(24(29)27-10-12-30-13-11-27)23(32-22(16)17-6-3-2-4-7-17)26-20(28)15-31-19-9-5-8-18(25)14-19/h2-9,14H,10-13,15H2,1H3,(H,26,28). The Balaban J connectivity index is 1.59. The molecular formula is C24H23ClN2O4S. The summed E-state index contributed by atoms with van der Waals surface area (Å²) < 4.78 is 10.9. The summed E-state index contributed by atoms with van der Waals surface area (Å²) in [4.78, 5) is 28.8. The number of carbonyl (C=O) groups is 2. The summed E-state index contributed by atoms with van der Waals surface area (Å²) in [6.45, 7) is 3.80. The fourth-order valence-electron chi connectivity index (χ4n) is 3.52. The summed E-state index contributed by atoms with van der Waals surface area (Å²) >= 11 is 7.36. The third kappa shape index (κ3) is 5.12. The number of nitrogens with zero attached hydrogens (tertiary/aromatic N) is 1. The van der Waals surface area contributed by atoms with Gasteiger partial charge in [-0.05, 0) is 36.2 Å². The van der Waals surface area contributed by atoms with E-state index in [-0.39, 0.29) is 18.4 Å². The smallest absolute Gasteiger partial charge is 0.262 e. The Labute approximate surface area is 195 Å². The summed E-state index contributed by atoms with van der Waals surface area (Å²) in [6, 6.07) is 16.7. The third-order valence-electron chi connectivity index (χ3n) is 5.11. The molecule has 0 spiro atoms. The van der Waals surface area contributed by atoms with Crippen molar-refractivity contribution in [2.45, 2.75) is 6.92 Å². The summed E-state index contributed by atoms with van der Waals surface area (Å²) in [6.07, 6.45) is 0. The zero-order valence-electron chi connectivity index (χ0n) is 17.6. The summed E-state index contributed by atoms with van der Waals surface area (Å²) in [5, 5.41) is 3.94. The van der Waals surface area contributed by atoms with Crippen LogP contribution in [0.25, 0.3) is 10.4 Å². The van der Waals surface area contributed by atoms with Gasteiger partial charge in [-0.15, -0.1) is 11.3 Å². The van der Waals surface area contributed by atoms with Crippen molar-refractivity contribution in [2.75, 3.05) is 38.2 Å². The number of hydrogen-bond acceptors (Lipinski definition) is 5. The van der Waals surface area contributed by atoms with Gasteiger partial charge in [-0.2, -0.15) is 0 Å². The number of morpholine rings is 1. The molecule has 166 valence electrons. The molecule has 0 radical (unpaired) electrons. The second kappa shape index (κ2) is 10.2. The summed E-state index contributed by atoms with van der Waals surface area (Å²) in [5.41, 5.74) is 2.37. The predicted molar refractivity (Wildman–Crippen MR) is 127 cm³/mol. The van der Waals surface area contributed by atoms with E-state index in [1.807, 2.05) is 37.3 Å². The van der Waals surface area contributed by atoms with E-state index < -0.39 is 0 Å². The molecule has 4 rings (SSSR count). The number of ether oxygens (including phenoxy) is 2. The minimum absolute atomic E-state index is 0.102. The van der Waals surface area contributed by atoms with Gasteiger partial charge in [-0.25, -0.2) is 0 Å². The van der Waals surface area contributed by atoms with Crippen LogP contribution in [0.4, 0.5) is 5.00 Å². The Hall–Kier alpha value is -2.87. The Kier molecular flexibility index (Phi) is 7.09. The Morgan fingerprint density at radius 1 is 1.12 bits per heavy atom. The van der Waals surface area contributed by atoms with Crippen molar-refractivity contribution in [1.82, 2.24) is 4.90 Å². The number of rotatable bonds is 6. The van der Waals surface area contributed by atoms with E-state index >= 15 is 0 Å². The lowest BCUT2D eigenvalue weighted by Crippen LogP contribution is -2.41. The number of carbonyl (C=O) groups excluding carboxylic acids is 2. The molecule has 1 aliphatic rings. The van der Waals surface area contributed by atoms with Crippen molar-refractivity contribution in [3.63, 3.8) is 0 Å². The van der Waals surface area contributed by atoms with Crippen molar-refractivity contribution in [1.29, 1.82) is 0 Å². The highest BCUT2D eigenvalue weighted by Crippen LogP contribution is 2.40. The highest BCUT2D eigenvalue weighted by Gasteiger charge is 2.28. The second-order valence-electron chi connectivity index (χ2n) is 7.33. The third-order valence-corrected chi connectivity index (χ3v) is 6.61. The van der Waals surface area contributed by atoms with Gasteiger partial charge in [0.1, 0.15) is 10.8 Å². The molecule has 1 aliphatic heterocycles. The first kappa shape index (κ1) is 22.3. The van der Waals surface area contributed by atoms with Gasteiger partial charge in [0.25, 0.3) is 11.8 Å². The van der Waals surface area contributed by atoms with Crippen LogP contribution in [0.3, 0.4) is 0 Å². The largest absolute Gasteiger partial charge is 0.484 e. The SMILES string of the molecule is Cc1c(-c2ccccc2)sc(NC(=O)COc2cccc(Cl)c2)c1C(=O)N1CCOCC1. The Bertz CT molecular complexity index is 1110. The fraction of sp³-hybridized carbons (Fsp3) is 0.250. The van der Waals surface area contributed by atoms with E-state index in [4.69, 9.17) is 21.1 Å². The normalized spacial score (nSPS) is 13.6. The van der Waals surface area contributed by atoms with E-state index in [2.05, 4.69) is 5.32 Å². The van der Waals surface area contributed by atoms with Crippen molar-refractivity contribution >= 4 is 39.8 Å². The first-order valence-corrected chi connectivity index (χ1v) is 11.5. The molecule has 1 N–H and O–H groups in total. The molecule has 0 unspecified atom stereocenters. The zero-order chi connectivity index (χ0) is 22.5. The number of amides is 2. The van der Waals surface area contributed by atoms with Crippen LogP contribution < -0.4 is 10.1 Å². The maximum absolute atomic E-state index is 13.4. The molecule has 0 saturated carbocycles. The van der Waals surface area contributed by atoms with Crippen LogP contribution in [0.15, 0.2) is 54.6 Å². The molecule has 6 nitrogen and oxygen atoms in total. The number of hydrogen-bond donors (Lipinski definition) is 1. The molecule has 3 aromatic rings. The molecule has 0 atom stereocenters. The lowest BCUT2D eigenvalue weighted by molar-refractivity contribution is -0.118. The second-order valence-corrected chi connectivity index (χ2v) is 8.78. The molecule has 0 bridgehead atoms. The van der Waals surface area contributed by atoms with Crippen LogP contribution in [0, 0.1) is 6.92 Å². The molecular weight excluding hydrogens is 448 g/mol. The summed E-state index contributed by atoms with van der Waals surface area (Å²) in [5.74, 6) is 0.0572. The number of nitrogens with one attached hydrogen (secondary N) is 1. The number of benzene rings is 2. The average Bonchev–Trinajstić information content (AvgIpc) is 3.14. The Morgan fingerprint density at radius 3 is 2.59 bits per heavy atom. The predicted octanol–water partition coefficient (Wildman–Crippen LogP) is 4.87. The van der Waals surface area contributed by atoms with Gasteiger partial charge in [0.2, 0.25) is 0 Å². The molecule has 8 heteroatoms. The topological polar surface area (TPSA) is 67.9 Å². The number of thiophene rings is 1. The maximum atomic E-state index is 13.4. The highest BCUT2D eigenvalue weighted by atomic mass is 35.5. The van der Waals surface area contributed by atoms with E-state index in [1.165, 1.54) is 11.3 Å². The monoisotopic (exact) mass is 470 g/mol. The van der Waals surface area contributed by atoms with Crippen LogP contribution >= 0.6 is 22.9 Å².